The molecule has 1 aliphatic heterocycles. The van der Waals surface area contributed by atoms with Gasteiger partial charge >= 0.3 is 0 Å². The number of hydrogen-bond donors (Lipinski definition) is 2. The molecule has 1 unspecified atom stereocenters. The second-order valence-electron chi connectivity index (χ2n) is 6.90. The molecule has 3 rings (SSSR count). The van der Waals surface area contributed by atoms with Crippen LogP contribution in [0.1, 0.15) is 38.8 Å². The van der Waals surface area contributed by atoms with Gasteiger partial charge in [0, 0.05) is 5.70 Å². The van der Waals surface area contributed by atoms with Crippen LogP contribution in [0.3, 0.4) is 0 Å². The summed E-state index contributed by atoms with van der Waals surface area (Å²) >= 11 is 0. The summed E-state index contributed by atoms with van der Waals surface area (Å²) in [5, 5.41) is 7.32. The van der Waals surface area contributed by atoms with Crippen molar-refractivity contribution in [1.29, 1.82) is 0 Å². The molecular weight excluding hydrogens is 346 g/mol. The molecule has 1 aromatic carbocycles. The summed E-state index contributed by atoms with van der Waals surface area (Å²) < 4.78 is 13.0. The number of carbonyl (C=O) groups is 1. The number of methoxy groups -OCH3 is 1. The van der Waals surface area contributed by atoms with Gasteiger partial charge in [0.2, 0.25) is 11.9 Å². The summed E-state index contributed by atoms with van der Waals surface area (Å²) in [7, 11) is 1.59. The van der Waals surface area contributed by atoms with Gasteiger partial charge < -0.3 is 20.5 Å². The van der Waals surface area contributed by atoms with E-state index in [1.165, 1.54) is 6.33 Å². The Kier molecular flexibility index (Phi) is 5.34. The van der Waals surface area contributed by atoms with Crippen molar-refractivity contribution in [2.45, 2.75) is 33.2 Å². The number of hydrogen-bond acceptors (Lipinski definition) is 6. The fourth-order valence-electron chi connectivity index (χ4n) is 3.10. The lowest BCUT2D eigenvalue weighted by Gasteiger charge is -2.28. The van der Waals surface area contributed by atoms with E-state index in [4.69, 9.17) is 15.2 Å². The number of ether oxygens (including phenoxy) is 2. The first-order valence-electron chi connectivity index (χ1n) is 8.90. The largest absolute Gasteiger partial charge is 0.493 e. The van der Waals surface area contributed by atoms with Crippen LogP contribution in [0.15, 0.2) is 35.8 Å². The Balaban J connectivity index is 1.98. The number of nitrogens with zero attached hydrogens (tertiary/aromatic N) is 3. The second-order valence-corrected chi connectivity index (χ2v) is 6.90. The SMILES string of the molecule is COc1cc(C2C(C(N)=O)=C(C)Nc3ncnn32)ccc1OCCC(C)C. The van der Waals surface area contributed by atoms with Gasteiger partial charge in [-0.05, 0) is 37.0 Å². The normalized spacial score (nSPS) is 16.1. The van der Waals surface area contributed by atoms with Crippen molar-refractivity contribution < 1.29 is 14.3 Å². The first kappa shape index (κ1) is 18.8. The van der Waals surface area contributed by atoms with Gasteiger partial charge in [-0.25, -0.2) is 4.68 Å². The van der Waals surface area contributed by atoms with Gasteiger partial charge in [0.1, 0.15) is 12.4 Å². The van der Waals surface area contributed by atoms with Crippen molar-refractivity contribution in [3.8, 4) is 11.5 Å². The minimum absolute atomic E-state index is 0.434. The van der Waals surface area contributed by atoms with Gasteiger partial charge in [0.15, 0.2) is 11.5 Å². The van der Waals surface area contributed by atoms with E-state index in [1.54, 1.807) is 18.7 Å². The van der Waals surface area contributed by atoms with Crippen LogP contribution < -0.4 is 20.5 Å². The molecule has 27 heavy (non-hydrogen) atoms. The van der Waals surface area contributed by atoms with Gasteiger partial charge in [0.25, 0.3) is 0 Å². The van der Waals surface area contributed by atoms with Crippen LogP contribution >= 0.6 is 0 Å². The molecule has 0 saturated carbocycles. The number of benzene rings is 1. The summed E-state index contributed by atoms with van der Waals surface area (Å²) in [5.41, 5.74) is 7.55. The number of aromatic nitrogens is 3. The summed E-state index contributed by atoms with van der Waals surface area (Å²) in [6, 6.07) is 5.11. The number of fused-ring (bicyclic) bond motifs is 1. The number of primary amides is 1. The second kappa shape index (κ2) is 7.69. The first-order valence-corrected chi connectivity index (χ1v) is 8.90. The molecule has 0 radical (unpaired) electrons. The van der Waals surface area contributed by atoms with E-state index in [9.17, 15) is 4.79 Å². The van der Waals surface area contributed by atoms with Crippen LogP contribution in [0.4, 0.5) is 5.95 Å². The predicted molar refractivity (Wildman–Crippen MR) is 102 cm³/mol. The number of allylic oxidation sites excluding steroid dienone is 1. The van der Waals surface area contributed by atoms with Crippen LogP contribution in [0.25, 0.3) is 0 Å². The van der Waals surface area contributed by atoms with E-state index in [0.717, 1.165) is 12.0 Å². The number of nitrogens with one attached hydrogen (secondary N) is 1. The average Bonchev–Trinajstić information content (AvgIpc) is 3.08. The molecule has 3 N–H and O–H groups in total. The number of anilines is 1. The van der Waals surface area contributed by atoms with Crippen LogP contribution in [-0.2, 0) is 4.79 Å². The molecule has 144 valence electrons. The number of rotatable bonds is 7. The highest BCUT2D eigenvalue weighted by atomic mass is 16.5. The Bertz CT molecular complexity index is 872. The number of amides is 1. The fraction of sp³-hybridized carbons (Fsp3) is 0.421. The molecule has 1 atom stereocenters. The van der Waals surface area contributed by atoms with E-state index in [2.05, 4.69) is 29.2 Å². The predicted octanol–water partition coefficient (Wildman–Crippen LogP) is 2.49. The molecule has 0 fully saturated rings. The zero-order chi connectivity index (χ0) is 19.6. The van der Waals surface area contributed by atoms with Gasteiger partial charge in [0.05, 0.1) is 19.3 Å². The molecule has 8 heteroatoms. The highest BCUT2D eigenvalue weighted by Crippen LogP contribution is 2.38. The van der Waals surface area contributed by atoms with Crippen molar-refractivity contribution >= 4 is 11.9 Å². The highest BCUT2D eigenvalue weighted by molar-refractivity contribution is 5.95. The van der Waals surface area contributed by atoms with Crippen LogP contribution in [-0.4, -0.2) is 34.4 Å². The average molecular weight is 371 g/mol. The first-order chi connectivity index (χ1) is 12.9. The summed E-state index contributed by atoms with van der Waals surface area (Å²) in [5.74, 6) is 1.86. The van der Waals surface area contributed by atoms with Gasteiger partial charge in [-0.15, -0.1) is 0 Å². The smallest absolute Gasteiger partial charge is 0.248 e. The molecule has 0 saturated heterocycles. The van der Waals surface area contributed by atoms with Crippen molar-refractivity contribution in [2.24, 2.45) is 11.7 Å². The molecule has 0 spiro atoms. The topological polar surface area (TPSA) is 104 Å². The van der Waals surface area contributed by atoms with E-state index in [-0.39, 0.29) is 0 Å². The van der Waals surface area contributed by atoms with Crippen LogP contribution in [0.2, 0.25) is 0 Å². The molecule has 8 nitrogen and oxygen atoms in total. The lowest BCUT2D eigenvalue weighted by molar-refractivity contribution is -0.115. The number of nitrogens with two attached hydrogens (primary N) is 1. The Morgan fingerprint density at radius 2 is 2.15 bits per heavy atom. The quantitative estimate of drug-likeness (QED) is 0.775. The van der Waals surface area contributed by atoms with Gasteiger partial charge in [-0.3, -0.25) is 4.79 Å². The zero-order valence-corrected chi connectivity index (χ0v) is 16.0. The third-order valence-electron chi connectivity index (χ3n) is 4.52. The summed E-state index contributed by atoms with van der Waals surface area (Å²) in [6.45, 7) is 6.71. The number of carbonyl (C=O) groups excluding carboxylic acids is 1. The van der Waals surface area contributed by atoms with Gasteiger partial charge in [-0.2, -0.15) is 10.1 Å². The third-order valence-corrected chi connectivity index (χ3v) is 4.52. The molecule has 1 aromatic heterocycles. The fourth-order valence-corrected chi connectivity index (χ4v) is 3.10. The Labute approximate surface area is 158 Å². The van der Waals surface area contributed by atoms with Crippen molar-refractivity contribution in [3.63, 3.8) is 0 Å². The van der Waals surface area contributed by atoms with Gasteiger partial charge in [-0.1, -0.05) is 19.9 Å². The van der Waals surface area contributed by atoms with E-state index in [1.807, 2.05) is 18.2 Å². The zero-order valence-electron chi connectivity index (χ0n) is 16.0. The highest BCUT2D eigenvalue weighted by Gasteiger charge is 2.32. The molecule has 1 aliphatic rings. The molecule has 0 aliphatic carbocycles. The lowest BCUT2D eigenvalue weighted by atomic mass is 9.95. The summed E-state index contributed by atoms with van der Waals surface area (Å²) in [6.07, 6.45) is 2.39. The van der Waals surface area contributed by atoms with E-state index < -0.39 is 11.9 Å². The van der Waals surface area contributed by atoms with Crippen molar-refractivity contribution in [1.82, 2.24) is 14.8 Å². The standard InChI is InChI=1S/C19H25N5O3/c1-11(2)7-8-27-14-6-5-13(9-15(14)26-4)17-16(18(20)25)12(3)23-19-21-10-22-24(17)19/h5-6,9-11,17H,7-8H2,1-4H3,(H2,20,25)(H,21,22,23). The van der Waals surface area contributed by atoms with E-state index in [0.29, 0.717) is 41.2 Å². The molecule has 2 heterocycles. The molecule has 2 aromatic rings. The maximum absolute atomic E-state index is 12.1. The lowest BCUT2D eigenvalue weighted by Crippen LogP contribution is -2.31. The van der Waals surface area contributed by atoms with Crippen molar-refractivity contribution in [2.75, 3.05) is 19.0 Å². The minimum Gasteiger partial charge on any atom is -0.493 e. The maximum atomic E-state index is 12.1. The Hall–Kier alpha value is -3.03. The molecule has 0 bridgehead atoms. The van der Waals surface area contributed by atoms with Crippen molar-refractivity contribution in [3.05, 3.63) is 41.4 Å². The Morgan fingerprint density at radius 3 is 2.81 bits per heavy atom. The third kappa shape index (κ3) is 3.74. The van der Waals surface area contributed by atoms with Crippen LogP contribution in [0.5, 0.6) is 11.5 Å². The maximum Gasteiger partial charge on any atom is 0.248 e. The van der Waals surface area contributed by atoms with E-state index >= 15 is 0 Å². The Morgan fingerprint density at radius 1 is 1.37 bits per heavy atom. The minimum atomic E-state index is -0.512. The summed E-state index contributed by atoms with van der Waals surface area (Å²) in [4.78, 5) is 16.3. The molecule has 1 amide bonds. The molecular formula is C19H25N5O3. The van der Waals surface area contributed by atoms with Crippen LogP contribution in [0, 0.1) is 5.92 Å². The monoisotopic (exact) mass is 371 g/mol.